The third-order valence-electron chi connectivity index (χ3n) is 6.33. The highest BCUT2D eigenvalue weighted by atomic mass is 32.1. The molecule has 0 saturated carbocycles. The van der Waals surface area contributed by atoms with Crippen LogP contribution in [0.15, 0.2) is 18.2 Å². The van der Waals surface area contributed by atoms with Crippen LogP contribution in [0.3, 0.4) is 0 Å². The van der Waals surface area contributed by atoms with E-state index in [0.717, 1.165) is 61.6 Å². The molecular weight excluding hydrogens is 498 g/mol. The summed E-state index contributed by atoms with van der Waals surface area (Å²) in [6.07, 6.45) is 7.45. The van der Waals surface area contributed by atoms with E-state index in [-0.39, 0.29) is 17.6 Å². The fourth-order valence-electron chi connectivity index (χ4n) is 4.25. The Morgan fingerprint density at radius 2 is 1.61 bits per heavy atom. The molecule has 1 aromatic carbocycles. The molecule has 0 saturated heterocycles. The number of benzene rings is 1. The Bertz CT molecular complexity index is 885. The van der Waals surface area contributed by atoms with E-state index in [9.17, 15) is 14.4 Å². The first-order chi connectivity index (χ1) is 17.9. The van der Waals surface area contributed by atoms with Crippen molar-refractivity contribution >= 4 is 30.5 Å². The molecule has 0 heterocycles. The Morgan fingerprint density at radius 1 is 0.974 bits per heavy atom. The quantitative estimate of drug-likeness (QED) is 0.167. The van der Waals surface area contributed by atoms with E-state index in [1.807, 2.05) is 32.0 Å². The Hall–Kier alpha value is -2.22. The van der Waals surface area contributed by atoms with Crippen molar-refractivity contribution in [1.29, 1.82) is 0 Å². The highest BCUT2D eigenvalue weighted by Crippen LogP contribution is 2.27. The minimum Gasteiger partial charge on any atom is -0.444 e. The summed E-state index contributed by atoms with van der Waals surface area (Å²) in [5.74, 6) is -0.458. The number of alkyl carbamates (subject to hydrolysis) is 1. The predicted octanol–water partition coefficient (Wildman–Crippen LogP) is 6.27. The van der Waals surface area contributed by atoms with Gasteiger partial charge in [0.15, 0.2) is 0 Å². The molecule has 7 nitrogen and oxygen atoms in total. The summed E-state index contributed by atoms with van der Waals surface area (Å²) in [5, 5.41) is 5.73. The summed E-state index contributed by atoms with van der Waals surface area (Å²) in [7, 11) is 0. The molecule has 0 aliphatic heterocycles. The summed E-state index contributed by atoms with van der Waals surface area (Å²) in [6.45, 7) is 14.5. The van der Waals surface area contributed by atoms with Crippen molar-refractivity contribution in [2.75, 3.05) is 18.8 Å². The third kappa shape index (κ3) is 12.1. The number of carbonyl (C=O) groups is 3. The van der Waals surface area contributed by atoms with Gasteiger partial charge in [-0.1, -0.05) is 76.1 Å². The van der Waals surface area contributed by atoms with Gasteiger partial charge in [-0.25, -0.2) is 4.79 Å². The molecule has 2 atom stereocenters. The lowest BCUT2D eigenvalue weighted by molar-refractivity contribution is -0.142. The fraction of sp³-hybridized carbons (Fsp3) is 0.700. The Kier molecular flexibility index (Phi) is 15.5. The lowest BCUT2D eigenvalue weighted by atomic mass is 9.95. The summed E-state index contributed by atoms with van der Waals surface area (Å²) >= 11 is 4.38. The molecule has 1 rings (SSSR count). The molecule has 0 aliphatic rings. The molecular formula is C30H51N3O4S. The summed E-state index contributed by atoms with van der Waals surface area (Å²) in [5.41, 5.74) is 2.05. The Morgan fingerprint density at radius 3 is 2.21 bits per heavy atom. The lowest BCUT2D eigenvalue weighted by Gasteiger charge is -2.35. The van der Waals surface area contributed by atoms with Crippen molar-refractivity contribution < 1.29 is 19.1 Å². The molecule has 3 amide bonds. The largest absolute Gasteiger partial charge is 0.444 e. The third-order valence-corrected chi connectivity index (χ3v) is 6.69. The lowest BCUT2D eigenvalue weighted by Crippen LogP contribution is -2.54. The van der Waals surface area contributed by atoms with Gasteiger partial charge in [0, 0.05) is 18.8 Å². The van der Waals surface area contributed by atoms with Gasteiger partial charge in [0.1, 0.15) is 17.7 Å². The van der Waals surface area contributed by atoms with Gasteiger partial charge in [-0.05, 0) is 58.6 Å². The van der Waals surface area contributed by atoms with Gasteiger partial charge in [-0.3, -0.25) is 9.59 Å². The number of thiol groups is 1. The monoisotopic (exact) mass is 549 g/mol. The molecule has 0 aliphatic carbocycles. The molecule has 1 aromatic rings. The molecule has 8 heteroatoms. The first-order valence-corrected chi connectivity index (χ1v) is 14.8. The average Bonchev–Trinajstić information content (AvgIpc) is 2.84. The van der Waals surface area contributed by atoms with Crippen LogP contribution in [0, 0.1) is 13.8 Å². The maximum absolute atomic E-state index is 14.0. The maximum Gasteiger partial charge on any atom is 0.408 e. The molecule has 2 N–H and O–H groups in total. The minimum absolute atomic E-state index is 0.0854. The number of nitrogens with one attached hydrogen (secondary N) is 2. The predicted molar refractivity (Wildman–Crippen MR) is 159 cm³/mol. The second kappa shape index (κ2) is 17.4. The number of hydrogen-bond acceptors (Lipinski definition) is 5. The second-order valence-corrected chi connectivity index (χ2v) is 11.5. The van der Waals surface area contributed by atoms with Gasteiger partial charge in [0.25, 0.3) is 0 Å². The standard InChI is InChI=1S/C30H51N3O4S/c1-8-10-12-13-14-15-19-33(28(35)25(21-38)32-29(36)37-30(5,6)7)26(27(34)31-18-11-9-2)24-20-22(3)16-17-23(24)4/h16-17,20,25-26,38H,8-15,18-19,21H2,1-7H3,(H,31,34)(H,32,36). The average molecular weight is 550 g/mol. The highest BCUT2D eigenvalue weighted by Gasteiger charge is 2.36. The van der Waals surface area contributed by atoms with Gasteiger partial charge < -0.3 is 20.3 Å². The summed E-state index contributed by atoms with van der Waals surface area (Å²) in [6, 6.07) is 4.24. The maximum atomic E-state index is 14.0. The van der Waals surface area contributed by atoms with E-state index in [2.05, 4.69) is 37.1 Å². The van der Waals surface area contributed by atoms with Crippen LogP contribution < -0.4 is 10.6 Å². The van der Waals surface area contributed by atoms with Crippen molar-refractivity contribution in [2.24, 2.45) is 0 Å². The van der Waals surface area contributed by atoms with Crippen LogP contribution in [0.4, 0.5) is 4.79 Å². The zero-order valence-electron chi connectivity index (χ0n) is 24.7. The van der Waals surface area contributed by atoms with Crippen molar-refractivity contribution in [1.82, 2.24) is 15.5 Å². The Labute approximate surface area is 236 Å². The first kappa shape index (κ1) is 33.8. The Balaban J connectivity index is 3.38. The van der Waals surface area contributed by atoms with E-state index in [1.54, 1.807) is 25.7 Å². The molecule has 0 fully saturated rings. The van der Waals surface area contributed by atoms with Gasteiger partial charge in [-0.15, -0.1) is 0 Å². The summed E-state index contributed by atoms with van der Waals surface area (Å²) < 4.78 is 5.39. The van der Waals surface area contributed by atoms with Crippen molar-refractivity contribution in [3.8, 4) is 0 Å². The normalized spacial score (nSPS) is 12.9. The number of ether oxygens (including phenoxy) is 1. The van der Waals surface area contributed by atoms with Crippen LogP contribution >= 0.6 is 12.6 Å². The van der Waals surface area contributed by atoms with E-state index in [0.29, 0.717) is 13.1 Å². The number of carbonyl (C=O) groups excluding carboxylic acids is 3. The van der Waals surface area contributed by atoms with Crippen LogP contribution in [0.2, 0.25) is 0 Å². The first-order valence-electron chi connectivity index (χ1n) is 14.2. The topological polar surface area (TPSA) is 87.7 Å². The van der Waals surface area contributed by atoms with Crippen LogP contribution in [0.1, 0.15) is 109 Å². The van der Waals surface area contributed by atoms with Gasteiger partial charge in [0.05, 0.1) is 0 Å². The van der Waals surface area contributed by atoms with E-state index in [4.69, 9.17) is 4.74 Å². The van der Waals surface area contributed by atoms with Crippen LogP contribution in [-0.4, -0.2) is 53.3 Å². The smallest absolute Gasteiger partial charge is 0.408 e. The van der Waals surface area contributed by atoms with E-state index >= 15 is 0 Å². The van der Waals surface area contributed by atoms with E-state index in [1.165, 1.54) is 6.42 Å². The van der Waals surface area contributed by atoms with Gasteiger partial charge >= 0.3 is 6.09 Å². The molecule has 0 bridgehead atoms. The van der Waals surface area contributed by atoms with Crippen molar-refractivity contribution in [3.63, 3.8) is 0 Å². The number of aryl methyl sites for hydroxylation is 2. The number of hydrogen-bond donors (Lipinski definition) is 3. The fourth-order valence-corrected chi connectivity index (χ4v) is 4.50. The zero-order chi connectivity index (χ0) is 28.7. The molecule has 0 radical (unpaired) electrons. The number of nitrogens with zero attached hydrogens (tertiary/aromatic N) is 1. The van der Waals surface area contributed by atoms with Crippen LogP contribution in [-0.2, 0) is 14.3 Å². The minimum atomic E-state index is -0.927. The van der Waals surface area contributed by atoms with Crippen molar-refractivity contribution in [3.05, 3.63) is 34.9 Å². The second-order valence-electron chi connectivity index (χ2n) is 11.1. The molecule has 2 unspecified atom stereocenters. The number of unbranched alkanes of at least 4 members (excludes halogenated alkanes) is 6. The highest BCUT2D eigenvalue weighted by molar-refractivity contribution is 7.80. The van der Waals surface area contributed by atoms with Crippen molar-refractivity contribution in [2.45, 2.75) is 118 Å². The molecule has 216 valence electrons. The van der Waals surface area contributed by atoms with Crippen LogP contribution in [0.5, 0.6) is 0 Å². The van der Waals surface area contributed by atoms with Gasteiger partial charge in [0.2, 0.25) is 11.8 Å². The van der Waals surface area contributed by atoms with Crippen LogP contribution in [0.25, 0.3) is 0 Å². The summed E-state index contributed by atoms with van der Waals surface area (Å²) in [4.78, 5) is 41.9. The SMILES string of the molecule is CCCCCCCCN(C(=O)C(CS)NC(=O)OC(C)(C)C)C(C(=O)NCCCC)c1cc(C)ccc1C. The molecule has 38 heavy (non-hydrogen) atoms. The molecule has 0 spiro atoms. The van der Waals surface area contributed by atoms with E-state index < -0.39 is 23.8 Å². The number of amides is 3. The van der Waals surface area contributed by atoms with Gasteiger partial charge in [-0.2, -0.15) is 12.6 Å². The zero-order valence-corrected chi connectivity index (χ0v) is 25.6. The molecule has 0 aromatic heterocycles. The number of rotatable bonds is 16.